The van der Waals surface area contributed by atoms with Gasteiger partial charge in [-0.25, -0.2) is 4.79 Å². The van der Waals surface area contributed by atoms with Crippen LogP contribution in [-0.4, -0.2) is 24.1 Å². The van der Waals surface area contributed by atoms with E-state index in [0.717, 1.165) is 10.6 Å². The van der Waals surface area contributed by atoms with Crippen molar-refractivity contribution in [3.8, 4) is 0 Å². The Morgan fingerprint density at radius 3 is 3.21 bits per heavy atom. The summed E-state index contributed by atoms with van der Waals surface area (Å²) in [5.41, 5.74) is 0.493. The molecule has 0 atom stereocenters. The molecule has 2 heterocycles. The molecule has 19 heavy (non-hydrogen) atoms. The fourth-order valence-corrected chi connectivity index (χ4v) is 1.98. The van der Waals surface area contributed by atoms with Gasteiger partial charge in [-0.1, -0.05) is 0 Å². The summed E-state index contributed by atoms with van der Waals surface area (Å²) in [4.78, 5) is 18.0. The van der Waals surface area contributed by atoms with E-state index in [1.807, 2.05) is 11.1 Å². The van der Waals surface area contributed by atoms with Gasteiger partial charge < -0.3 is 9.64 Å². The largest absolute Gasteiger partial charge is 0.462 e. The summed E-state index contributed by atoms with van der Waals surface area (Å²) in [5, 5.41) is 9.65. The fourth-order valence-electron chi connectivity index (χ4n) is 1.98. The summed E-state index contributed by atoms with van der Waals surface area (Å²) in [7, 11) is 0. The SMILES string of the molecule is CCOC(=O)c1ccc2c(c1)=C1N=NCN1C=CN=2. The van der Waals surface area contributed by atoms with E-state index in [4.69, 9.17) is 4.74 Å². The van der Waals surface area contributed by atoms with Gasteiger partial charge in [-0.05, 0) is 25.1 Å². The molecule has 0 fully saturated rings. The van der Waals surface area contributed by atoms with E-state index in [1.165, 1.54) is 0 Å². The quantitative estimate of drug-likeness (QED) is 0.734. The number of hydrogen-bond acceptors (Lipinski definition) is 6. The molecule has 6 nitrogen and oxygen atoms in total. The van der Waals surface area contributed by atoms with E-state index in [-0.39, 0.29) is 5.97 Å². The van der Waals surface area contributed by atoms with E-state index >= 15 is 0 Å². The van der Waals surface area contributed by atoms with Crippen LogP contribution < -0.4 is 10.6 Å². The third-order valence-corrected chi connectivity index (χ3v) is 2.86. The Bertz CT molecular complexity index is 706. The normalized spacial score (nSPS) is 15.6. The highest BCUT2D eigenvalue weighted by molar-refractivity contribution is 5.89. The molecule has 0 saturated heterocycles. The van der Waals surface area contributed by atoms with Crippen molar-refractivity contribution < 1.29 is 9.53 Å². The second-order valence-corrected chi connectivity index (χ2v) is 4.06. The second kappa shape index (κ2) is 4.64. The first kappa shape index (κ1) is 11.6. The van der Waals surface area contributed by atoms with E-state index in [1.54, 1.807) is 31.3 Å². The molecule has 0 aromatic heterocycles. The fraction of sp³-hybridized carbons (Fsp3) is 0.231. The number of fused-ring (bicyclic) bond motifs is 2. The van der Waals surface area contributed by atoms with Crippen molar-refractivity contribution in [2.24, 2.45) is 15.2 Å². The van der Waals surface area contributed by atoms with Crippen molar-refractivity contribution in [1.82, 2.24) is 4.90 Å². The van der Waals surface area contributed by atoms with Crippen molar-refractivity contribution >= 4 is 11.8 Å². The highest BCUT2D eigenvalue weighted by Crippen LogP contribution is 2.15. The summed E-state index contributed by atoms with van der Waals surface area (Å²) >= 11 is 0. The average molecular weight is 256 g/mol. The number of azo groups is 1. The number of ether oxygens (including phenoxy) is 1. The molecule has 0 unspecified atom stereocenters. The number of carbonyl (C=O) groups is 1. The van der Waals surface area contributed by atoms with Gasteiger partial charge in [0.25, 0.3) is 0 Å². The van der Waals surface area contributed by atoms with Crippen LogP contribution in [0.2, 0.25) is 0 Å². The van der Waals surface area contributed by atoms with Crippen LogP contribution in [-0.2, 0) is 4.74 Å². The summed E-state index contributed by atoms with van der Waals surface area (Å²) in [6.07, 6.45) is 3.52. The molecular weight excluding hydrogens is 244 g/mol. The molecule has 0 N–H and O–H groups in total. The molecule has 6 heteroatoms. The van der Waals surface area contributed by atoms with E-state index in [0.29, 0.717) is 24.7 Å². The standard InChI is InChI=1S/C13H12N4O2/c1-2-19-13(18)9-3-4-11-10(7-9)12-16-15-8-17(12)6-5-14-11/h3-7H,2,8H2,1H3. The van der Waals surface area contributed by atoms with E-state index in [2.05, 4.69) is 15.2 Å². The predicted molar refractivity (Wildman–Crippen MR) is 67.3 cm³/mol. The van der Waals surface area contributed by atoms with Crippen LogP contribution in [0.25, 0.3) is 5.82 Å². The molecule has 2 aliphatic rings. The minimum absolute atomic E-state index is 0.343. The number of rotatable bonds is 2. The van der Waals surface area contributed by atoms with Crippen molar-refractivity contribution in [1.29, 1.82) is 0 Å². The zero-order chi connectivity index (χ0) is 13.2. The Labute approximate surface area is 109 Å². The van der Waals surface area contributed by atoms with Crippen LogP contribution >= 0.6 is 0 Å². The Balaban J connectivity index is 2.19. The highest BCUT2D eigenvalue weighted by Gasteiger charge is 2.16. The highest BCUT2D eigenvalue weighted by atomic mass is 16.5. The van der Waals surface area contributed by atoms with Gasteiger partial charge in [0.15, 0.2) is 5.82 Å². The monoisotopic (exact) mass is 256 g/mol. The summed E-state index contributed by atoms with van der Waals surface area (Å²) in [6, 6.07) is 5.24. The number of esters is 1. The van der Waals surface area contributed by atoms with Crippen molar-refractivity contribution in [2.75, 3.05) is 13.3 Å². The first-order valence-corrected chi connectivity index (χ1v) is 6.00. The van der Waals surface area contributed by atoms with E-state index < -0.39 is 0 Å². The molecular formula is C13H12N4O2. The molecule has 0 saturated carbocycles. The molecule has 2 aliphatic heterocycles. The average Bonchev–Trinajstić information content (AvgIpc) is 2.81. The molecule has 1 aromatic carbocycles. The molecule has 0 spiro atoms. The van der Waals surface area contributed by atoms with Gasteiger partial charge in [-0.15, -0.1) is 5.11 Å². The molecule has 96 valence electrons. The van der Waals surface area contributed by atoms with Crippen LogP contribution in [0, 0.1) is 0 Å². The maximum atomic E-state index is 11.8. The van der Waals surface area contributed by atoms with Crippen LogP contribution in [0.15, 0.2) is 45.8 Å². The second-order valence-electron chi connectivity index (χ2n) is 4.06. The lowest BCUT2D eigenvalue weighted by molar-refractivity contribution is 0.0526. The van der Waals surface area contributed by atoms with Gasteiger partial charge >= 0.3 is 5.97 Å². The Morgan fingerprint density at radius 1 is 1.47 bits per heavy atom. The molecule has 1 aromatic rings. The number of hydrogen-bond donors (Lipinski definition) is 0. The summed E-state index contributed by atoms with van der Waals surface area (Å²) in [6.45, 7) is 2.61. The maximum absolute atomic E-state index is 11.8. The smallest absolute Gasteiger partial charge is 0.338 e. The number of carbonyl (C=O) groups excluding carboxylic acids is 1. The lowest BCUT2D eigenvalue weighted by Gasteiger charge is -2.08. The van der Waals surface area contributed by atoms with Gasteiger partial charge in [-0.2, -0.15) is 5.11 Å². The molecule has 0 aliphatic carbocycles. The third kappa shape index (κ3) is 2.01. The minimum Gasteiger partial charge on any atom is -0.462 e. The van der Waals surface area contributed by atoms with Crippen molar-refractivity contribution in [3.63, 3.8) is 0 Å². The lowest BCUT2D eigenvalue weighted by atomic mass is 10.2. The minimum atomic E-state index is -0.343. The van der Waals surface area contributed by atoms with Crippen LogP contribution in [0.4, 0.5) is 0 Å². The van der Waals surface area contributed by atoms with Gasteiger partial charge in [0.1, 0.15) is 6.67 Å². The molecule has 0 radical (unpaired) electrons. The van der Waals surface area contributed by atoms with E-state index in [9.17, 15) is 4.79 Å². The lowest BCUT2D eigenvalue weighted by Crippen LogP contribution is -2.30. The van der Waals surface area contributed by atoms with Gasteiger partial charge in [-0.3, -0.25) is 4.99 Å². The molecule has 0 amide bonds. The number of benzene rings is 1. The molecule has 0 bridgehead atoms. The van der Waals surface area contributed by atoms with Crippen LogP contribution in [0.3, 0.4) is 0 Å². The topological polar surface area (TPSA) is 66.6 Å². The number of nitrogens with zero attached hydrogens (tertiary/aromatic N) is 4. The Hall–Kier alpha value is -2.50. The van der Waals surface area contributed by atoms with Crippen LogP contribution in [0.1, 0.15) is 17.3 Å². The van der Waals surface area contributed by atoms with Crippen molar-refractivity contribution in [2.45, 2.75) is 6.92 Å². The zero-order valence-electron chi connectivity index (χ0n) is 10.4. The summed E-state index contributed by atoms with van der Waals surface area (Å²) in [5.74, 6) is 0.364. The van der Waals surface area contributed by atoms with Gasteiger partial charge in [0.2, 0.25) is 0 Å². The first-order valence-electron chi connectivity index (χ1n) is 6.00. The third-order valence-electron chi connectivity index (χ3n) is 2.86. The van der Waals surface area contributed by atoms with Gasteiger partial charge in [0.05, 0.1) is 17.5 Å². The molecule has 3 rings (SSSR count). The maximum Gasteiger partial charge on any atom is 0.338 e. The van der Waals surface area contributed by atoms with Crippen LogP contribution in [0.5, 0.6) is 0 Å². The predicted octanol–water partition coefficient (Wildman–Crippen LogP) is 0.759. The van der Waals surface area contributed by atoms with Crippen molar-refractivity contribution in [3.05, 3.63) is 46.7 Å². The Morgan fingerprint density at radius 2 is 2.37 bits per heavy atom. The summed E-state index contributed by atoms with van der Waals surface area (Å²) < 4.78 is 5.00. The zero-order valence-corrected chi connectivity index (χ0v) is 10.4. The Kier molecular flexibility index (Phi) is 2.83. The first-order chi connectivity index (χ1) is 9.29. The van der Waals surface area contributed by atoms with Gasteiger partial charge in [0, 0.05) is 17.6 Å².